The largest absolute Gasteiger partial charge is 0.353 e. The van der Waals surface area contributed by atoms with Crippen molar-refractivity contribution in [3.63, 3.8) is 0 Å². The van der Waals surface area contributed by atoms with Gasteiger partial charge in [-0.1, -0.05) is 36.4 Å². The third-order valence-corrected chi connectivity index (χ3v) is 4.40. The molecule has 150 valence electrons. The van der Waals surface area contributed by atoms with Gasteiger partial charge < -0.3 is 15.5 Å². The molecule has 29 heavy (non-hydrogen) atoms. The second-order valence-corrected chi connectivity index (χ2v) is 6.89. The van der Waals surface area contributed by atoms with Crippen LogP contribution in [0.3, 0.4) is 0 Å². The highest BCUT2D eigenvalue weighted by atomic mass is 16.6. The number of hydrogen-bond donors (Lipinski definition) is 2. The molecule has 0 saturated heterocycles. The minimum Gasteiger partial charge on any atom is -0.353 e. The Balaban J connectivity index is 1.95. The fourth-order valence-electron chi connectivity index (χ4n) is 2.83. The Hall–Kier alpha value is -3.52. The molecule has 0 atom stereocenters. The van der Waals surface area contributed by atoms with Crippen molar-refractivity contribution in [2.24, 2.45) is 0 Å². The van der Waals surface area contributed by atoms with E-state index in [0.717, 1.165) is 17.8 Å². The molecule has 0 amide bonds. The van der Waals surface area contributed by atoms with Crippen molar-refractivity contribution in [3.05, 3.63) is 70.3 Å². The molecule has 0 spiro atoms. The molecule has 0 unspecified atom stereocenters. The lowest BCUT2D eigenvalue weighted by Gasteiger charge is -2.14. The van der Waals surface area contributed by atoms with Gasteiger partial charge in [0.15, 0.2) is 0 Å². The van der Waals surface area contributed by atoms with Crippen molar-refractivity contribution >= 4 is 23.1 Å². The normalized spacial score (nSPS) is 10.8. The minimum absolute atomic E-state index is 0.0664. The van der Waals surface area contributed by atoms with Gasteiger partial charge in [0.1, 0.15) is 5.82 Å². The van der Waals surface area contributed by atoms with Gasteiger partial charge in [-0.3, -0.25) is 10.1 Å². The van der Waals surface area contributed by atoms with Crippen LogP contribution in [0.15, 0.2) is 54.6 Å². The molecule has 0 aliphatic heterocycles. The predicted octanol–water partition coefficient (Wildman–Crippen LogP) is 4.08. The molecular formula is C21H24N6O2. The number of nitrogens with one attached hydrogen (secondary N) is 2. The molecule has 3 aromatic rings. The lowest BCUT2D eigenvalue weighted by atomic mass is 10.1. The monoisotopic (exact) mass is 392 g/mol. The number of anilines is 3. The van der Waals surface area contributed by atoms with Gasteiger partial charge in [-0.15, -0.1) is 0 Å². The molecule has 1 aromatic heterocycles. The van der Waals surface area contributed by atoms with Gasteiger partial charge in [-0.2, -0.15) is 4.98 Å². The minimum atomic E-state index is -0.385. The van der Waals surface area contributed by atoms with Gasteiger partial charge >= 0.3 is 0 Å². The summed E-state index contributed by atoms with van der Waals surface area (Å²) < 4.78 is 0. The summed E-state index contributed by atoms with van der Waals surface area (Å²) in [5, 5.41) is 17.7. The number of hydrogen-bond acceptors (Lipinski definition) is 7. The number of nitro groups is 1. The summed E-state index contributed by atoms with van der Waals surface area (Å²) in [6.45, 7) is 3.25. The van der Waals surface area contributed by atoms with Crippen molar-refractivity contribution in [1.82, 2.24) is 14.9 Å². The topological polar surface area (TPSA) is 96.2 Å². The maximum atomic E-state index is 11.2. The van der Waals surface area contributed by atoms with E-state index in [1.807, 2.05) is 50.5 Å². The molecule has 3 rings (SSSR count). The molecule has 8 nitrogen and oxygen atoms in total. The molecule has 0 aliphatic rings. The quantitative estimate of drug-likeness (QED) is 0.440. The van der Waals surface area contributed by atoms with E-state index in [1.54, 1.807) is 19.1 Å². The summed E-state index contributed by atoms with van der Waals surface area (Å²) in [6, 6.07) is 16.6. The van der Waals surface area contributed by atoms with E-state index in [0.29, 0.717) is 29.6 Å². The summed E-state index contributed by atoms with van der Waals surface area (Å²) in [6.07, 6.45) is 0. The van der Waals surface area contributed by atoms with Gasteiger partial charge in [-0.25, -0.2) is 4.98 Å². The Kier molecular flexibility index (Phi) is 6.36. The van der Waals surface area contributed by atoms with Crippen LogP contribution in [-0.2, 0) is 0 Å². The van der Waals surface area contributed by atoms with Crippen LogP contribution in [0.25, 0.3) is 11.3 Å². The van der Waals surface area contributed by atoms with E-state index < -0.39 is 0 Å². The first kappa shape index (κ1) is 20.2. The zero-order valence-corrected chi connectivity index (χ0v) is 16.7. The van der Waals surface area contributed by atoms with Crippen LogP contribution < -0.4 is 10.6 Å². The van der Waals surface area contributed by atoms with Gasteiger partial charge in [0.25, 0.3) is 5.69 Å². The fraction of sp³-hybridized carbons (Fsp3) is 0.238. The summed E-state index contributed by atoms with van der Waals surface area (Å²) in [5.74, 6) is 1.06. The first-order valence-electron chi connectivity index (χ1n) is 9.28. The van der Waals surface area contributed by atoms with Gasteiger partial charge in [0.2, 0.25) is 5.95 Å². The second kappa shape index (κ2) is 9.11. The van der Waals surface area contributed by atoms with Crippen LogP contribution in [0.2, 0.25) is 0 Å². The maximum Gasteiger partial charge on any atom is 0.274 e. The van der Waals surface area contributed by atoms with Crippen LogP contribution >= 0.6 is 0 Å². The predicted molar refractivity (Wildman–Crippen MR) is 116 cm³/mol. The van der Waals surface area contributed by atoms with E-state index in [4.69, 9.17) is 0 Å². The Morgan fingerprint density at radius 1 is 1.07 bits per heavy atom. The summed E-state index contributed by atoms with van der Waals surface area (Å²) in [5.41, 5.74) is 2.98. The third kappa shape index (κ3) is 5.26. The summed E-state index contributed by atoms with van der Waals surface area (Å²) >= 11 is 0. The van der Waals surface area contributed by atoms with E-state index >= 15 is 0 Å². The zero-order chi connectivity index (χ0) is 20.8. The van der Waals surface area contributed by atoms with E-state index in [1.165, 1.54) is 6.07 Å². The number of nitro benzene ring substituents is 1. The van der Waals surface area contributed by atoms with E-state index in [2.05, 4.69) is 25.5 Å². The van der Waals surface area contributed by atoms with Crippen molar-refractivity contribution in [1.29, 1.82) is 0 Å². The molecule has 0 aliphatic carbocycles. The SMILES string of the molecule is Cc1c(Nc2cc(-c3ccccc3)nc(NCCN(C)C)n2)cccc1[N+](=O)[O-]. The average Bonchev–Trinajstić information content (AvgIpc) is 2.69. The Morgan fingerprint density at radius 3 is 2.52 bits per heavy atom. The highest BCUT2D eigenvalue weighted by Crippen LogP contribution is 2.29. The molecule has 0 saturated carbocycles. The van der Waals surface area contributed by atoms with Crippen molar-refractivity contribution in [3.8, 4) is 11.3 Å². The number of rotatable bonds is 8. The van der Waals surface area contributed by atoms with Gasteiger partial charge in [0.05, 0.1) is 16.2 Å². The van der Waals surface area contributed by atoms with Gasteiger partial charge in [-0.05, 0) is 27.1 Å². The van der Waals surface area contributed by atoms with Crippen LogP contribution in [0.5, 0.6) is 0 Å². The van der Waals surface area contributed by atoms with E-state index in [-0.39, 0.29) is 10.6 Å². The highest BCUT2D eigenvalue weighted by Gasteiger charge is 2.14. The molecular weight excluding hydrogens is 368 g/mol. The van der Waals surface area contributed by atoms with Crippen LogP contribution in [0, 0.1) is 17.0 Å². The number of nitrogens with zero attached hydrogens (tertiary/aromatic N) is 4. The maximum absolute atomic E-state index is 11.2. The average molecular weight is 392 g/mol. The fourth-order valence-corrected chi connectivity index (χ4v) is 2.83. The molecule has 1 heterocycles. The highest BCUT2D eigenvalue weighted by molar-refractivity contribution is 5.70. The van der Waals surface area contributed by atoms with Gasteiger partial charge in [0, 0.05) is 36.5 Å². The zero-order valence-electron chi connectivity index (χ0n) is 16.7. The smallest absolute Gasteiger partial charge is 0.274 e. The molecule has 8 heteroatoms. The number of likely N-dealkylation sites (N-methyl/N-ethyl adjacent to an activating group) is 1. The van der Waals surface area contributed by atoms with Crippen molar-refractivity contribution < 1.29 is 4.92 Å². The third-order valence-electron chi connectivity index (χ3n) is 4.40. The van der Waals surface area contributed by atoms with Crippen molar-refractivity contribution in [2.75, 3.05) is 37.8 Å². The molecule has 0 bridgehead atoms. The Bertz CT molecular complexity index is 992. The van der Waals surface area contributed by atoms with Crippen LogP contribution in [0.4, 0.5) is 23.1 Å². The Labute approximate surface area is 169 Å². The summed E-state index contributed by atoms with van der Waals surface area (Å²) in [7, 11) is 4.00. The second-order valence-electron chi connectivity index (χ2n) is 6.89. The lowest BCUT2D eigenvalue weighted by Crippen LogP contribution is -2.21. The first-order valence-corrected chi connectivity index (χ1v) is 9.28. The van der Waals surface area contributed by atoms with Crippen LogP contribution in [0.1, 0.15) is 5.56 Å². The molecule has 2 N–H and O–H groups in total. The first-order chi connectivity index (χ1) is 13.9. The molecule has 2 aromatic carbocycles. The number of aromatic nitrogens is 2. The Morgan fingerprint density at radius 2 is 1.83 bits per heavy atom. The lowest BCUT2D eigenvalue weighted by molar-refractivity contribution is -0.385. The molecule has 0 fully saturated rings. The van der Waals surface area contributed by atoms with E-state index in [9.17, 15) is 10.1 Å². The number of benzene rings is 2. The molecule has 0 radical (unpaired) electrons. The van der Waals surface area contributed by atoms with Crippen LogP contribution in [-0.4, -0.2) is 47.0 Å². The van der Waals surface area contributed by atoms with Crippen molar-refractivity contribution in [2.45, 2.75) is 6.92 Å². The standard InChI is InChI=1S/C21H24N6O2/c1-15-17(10-7-11-19(15)27(28)29)23-20-14-18(16-8-5-4-6-9-16)24-21(25-20)22-12-13-26(2)3/h4-11,14H,12-13H2,1-3H3,(H2,22,23,24,25). The summed E-state index contributed by atoms with van der Waals surface area (Å²) in [4.78, 5) is 22.1.